The van der Waals surface area contributed by atoms with Crippen LogP contribution in [0.2, 0.25) is 0 Å². The lowest BCUT2D eigenvalue weighted by Crippen LogP contribution is -2.25. The number of carbonyl (C=O) groups is 2. The number of rotatable bonds is 31. The maximum absolute atomic E-state index is 11.9. The molecule has 2 N–H and O–H groups in total. The van der Waals surface area contributed by atoms with E-state index in [0.717, 1.165) is 32.1 Å². The van der Waals surface area contributed by atoms with Crippen molar-refractivity contribution in [3.8, 4) is 0 Å². The van der Waals surface area contributed by atoms with Crippen LogP contribution in [0.4, 0.5) is 0 Å². The number of esters is 2. The molecule has 0 heterocycles. The number of unbranched alkanes of at least 4 members (excludes halogenated alkanes) is 16. The van der Waals surface area contributed by atoms with E-state index in [4.69, 9.17) is 9.47 Å². The van der Waals surface area contributed by atoms with E-state index in [1.165, 1.54) is 89.9 Å². The summed E-state index contributed by atoms with van der Waals surface area (Å²) in [4.78, 5) is 23.8. The first-order valence-corrected chi connectivity index (χ1v) is 17.6. The Morgan fingerprint density at radius 2 is 1.07 bits per heavy atom. The van der Waals surface area contributed by atoms with Gasteiger partial charge in [-0.05, 0) is 38.5 Å². The highest BCUT2D eigenvalue weighted by Crippen LogP contribution is 2.12. The summed E-state index contributed by atoms with van der Waals surface area (Å²) in [7, 11) is 0. The van der Waals surface area contributed by atoms with E-state index in [-0.39, 0.29) is 25.6 Å². The Morgan fingerprint density at radius 1 is 0.581 bits per heavy atom. The van der Waals surface area contributed by atoms with Crippen molar-refractivity contribution >= 4 is 11.9 Å². The maximum Gasteiger partial charge on any atom is 0.305 e. The van der Waals surface area contributed by atoms with Crippen LogP contribution in [0, 0.1) is 0 Å². The van der Waals surface area contributed by atoms with Crippen LogP contribution in [0.15, 0.2) is 36.5 Å². The predicted molar refractivity (Wildman–Crippen MR) is 179 cm³/mol. The molecule has 0 saturated carbocycles. The Bertz CT molecular complexity index is 714. The highest BCUT2D eigenvalue weighted by molar-refractivity contribution is 5.69. The molecule has 0 rings (SSSR count). The molecule has 0 radical (unpaired) electrons. The van der Waals surface area contributed by atoms with Crippen molar-refractivity contribution in [2.45, 2.75) is 174 Å². The van der Waals surface area contributed by atoms with Gasteiger partial charge in [0.2, 0.25) is 0 Å². The highest BCUT2D eigenvalue weighted by atomic mass is 16.6. The first-order chi connectivity index (χ1) is 21.0. The minimum atomic E-state index is -1.03. The molecule has 0 fully saturated rings. The first-order valence-electron chi connectivity index (χ1n) is 17.6. The maximum atomic E-state index is 11.9. The number of carbonyl (C=O) groups excluding carboxylic acids is 2. The number of allylic oxidation sites excluding steroid dienone is 5. The lowest BCUT2D eigenvalue weighted by atomic mass is 10.1. The van der Waals surface area contributed by atoms with Crippen LogP contribution < -0.4 is 0 Å². The molecule has 1 unspecified atom stereocenters. The molecule has 0 spiro atoms. The molecule has 0 amide bonds. The van der Waals surface area contributed by atoms with Gasteiger partial charge in [0.1, 0.15) is 19.3 Å². The van der Waals surface area contributed by atoms with Crippen LogP contribution in [0.25, 0.3) is 0 Å². The van der Waals surface area contributed by atoms with Gasteiger partial charge in [-0.1, -0.05) is 147 Å². The second-order valence-corrected chi connectivity index (χ2v) is 11.8. The summed E-state index contributed by atoms with van der Waals surface area (Å²) in [5, 5.41) is 20.0. The molecular weight excluding hydrogens is 540 g/mol. The molecule has 0 aromatic rings. The third-order valence-electron chi connectivity index (χ3n) is 7.48. The molecule has 0 saturated heterocycles. The Kier molecular flexibility index (Phi) is 31.5. The molecule has 0 aromatic carbocycles. The quantitative estimate of drug-likeness (QED) is 0.0353. The lowest BCUT2D eigenvalue weighted by molar-refractivity contribution is -0.152. The van der Waals surface area contributed by atoms with Crippen LogP contribution in [0.5, 0.6) is 0 Å². The number of aliphatic hydroxyl groups excluding tert-OH is 2. The average Bonchev–Trinajstić information content (AvgIpc) is 3.00. The van der Waals surface area contributed by atoms with Crippen LogP contribution >= 0.6 is 0 Å². The monoisotopic (exact) mass is 606 g/mol. The second-order valence-electron chi connectivity index (χ2n) is 11.8. The third-order valence-corrected chi connectivity index (χ3v) is 7.48. The van der Waals surface area contributed by atoms with Gasteiger partial charge in [0.25, 0.3) is 0 Å². The van der Waals surface area contributed by atoms with Gasteiger partial charge < -0.3 is 19.7 Å². The van der Waals surface area contributed by atoms with E-state index in [2.05, 4.69) is 32.1 Å². The van der Waals surface area contributed by atoms with E-state index < -0.39 is 18.2 Å². The number of ether oxygens (including phenoxy) is 2. The summed E-state index contributed by atoms with van der Waals surface area (Å²) in [6, 6.07) is 0. The zero-order chi connectivity index (χ0) is 31.6. The van der Waals surface area contributed by atoms with Crippen LogP contribution in [-0.4, -0.2) is 47.6 Å². The molecular formula is C37H66O6. The van der Waals surface area contributed by atoms with Gasteiger partial charge in [-0.2, -0.15) is 0 Å². The van der Waals surface area contributed by atoms with Gasteiger partial charge in [0.15, 0.2) is 0 Å². The van der Waals surface area contributed by atoms with Crippen molar-refractivity contribution < 1.29 is 29.3 Å². The highest BCUT2D eigenvalue weighted by Gasteiger charge is 2.12. The van der Waals surface area contributed by atoms with E-state index in [1.54, 1.807) is 6.08 Å². The van der Waals surface area contributed by atoms with Gasteiger partial charge in [0.05, 0.1) is 6.10 Å². The average molecular weight is 607 g/mol. The van der Waals surface area contributed by atoms with Crippen LogP contribution in [-0.2, 0) is 19.1 Å². The zero-order valence-corrected chi connectivity index (χ0v) is 27.8. The molecule has 0 aromatic heterocycles. The van der Waals surface area contributed by atoms with E-state index >= 15 is 0 Å². The molecule has 6 nitrogen and oxygen atoms in total. The van der Waals surface area contributed by atoms with E-state index in [0.29, 0.717) is 19.3 Å². The Balaban J connectivity index is 3.66. The fraction of sp³-hybridized carbons (Fsp3) is 0.784. The van der Waals surface area contributed by atoms with Crippen LogP contribution in [0.1, 0.15) is 162 Å². The molecule has 0 aliphatic rings. The van der Waals surface area contributed by atoms with Gasteiger partial charge >= 0.3 is 11.9 Å². The topological polar surface area (TPSA) is 93.1 Å². The Morgan fingerprint density at radius 3 is 1.63 bits per heavy atom. The van der Waals surface area contributed by atoms with Crippen LogP contribution in [0.3, 0.4) is 0 Å². The first kappa shape index (κ1) is 41.1. The van der Waals surface area contributed by atoms with Crippen molar-refractivity contribution in [3.05, 3.63) is 36.5 Å². The summed E-state index contributed by atoms with van der Waals surface area (Å²) in [6.07, 6.45) is 35.1. The van der Waals surface area contributed by atoms with Gasteiger partial charge in [0, 0.05) is 12.8 Å². The molecule has 6 heteroatoms. The van der Waals surface area contributed by atoms with Crippen molar-refractivity contribution in [1.29, 1.82) is 0 Å². The van der Waals surface area contributed by atoms with E-state index in [1.807, 2.05) is 12.2 Å². The summed E-state index contributed by atoms with van der Waals surface area (Å²) in [5.41, 5.74) is 0. The number of aliphatic hydroxyl groups is 2. The normalized spacial score (nSPS) is 13.3. The summed E-state index contributed by atoms with van der Waals surface area (Å²) < 4.78 is 10.2. The Hall–Kier alpha value is -1.92. The van der Waals surface area contributed by atoms with E-state index in [9.17, 15) is 19.8 Å². The summed E-state index contributed by atoms with van der Waals surface area (Å²) in [6.45, 7) is 4.11. The van der Waals surface area contributed by atoms with Gasteiger partial charge in [-0.3, -0.25) is 9.59 Å². The second kappa shape index (κ2) is 33.0. The molecule has 43 heavy (non-hydrogen) atoms. The molecule has 0 aliphatic heterocycles. The van der Waals surface area contributed by atoms with Crippen molar-refractivity contribution in [2.24, 2.45) is 0 Å². The lowest BCUT2D eigenvalue weighted by Gasteiger charge is -2.12. The minimum Gasteiger partial charge on any atom is -0.463 e. The largest absolute Gasteiger partial charge is 0.463 e. The summed E-state index contributed by atoms with van der Waals surface area (Å²) in [5.74, 6) is -0.756. The zero-order valence-electron chi connectivity index (χ0n) is 27.8. The standard InChI is InChI=1S/C37H66O6/c1-3-5-7-9-11-13-15-16-18-19-21-23-25-28-34(38)29-27-31-37(41)43-33-35(39)32-42-36(40)30-26-24-22-20-17-14-12-10-8-6-4-2/h16,18,21,23,25,28,34-35,38-39H,3-15,17,19-20,22,24,26-27,29-33H2,1-2H3/b18-16+,23-21+,28-25+/t34?,35-/m0/s1. The smallest absolute Gasteiger partial charge is 0.305 e. The number of hydrogen-bond acceptors (Lipinski definition) is 6. The fourth-order valence-corrected chi connectivity index (χ4v) is 4.74. The predicted octanol–water partition coefficient (Wildman–Crippen LogP) is 9.48. The fourth-order valence-electron chi connectivity index (χ4n) is 4.74. The molecule has 0 bridgehead atoms. The SMILES string of the molecule is CCCCCCCC/C=C/C/C=C/C=C/C(O)CCCC(=O)OC[C@@H](O)COC(=O)CCCCCCCCCCCCC. The van der Waals surface area contributed by atoms with Crippen molar-refractivity contribution in [3.63, 3.8) is 0 Å². The van der Waals surface area contributed by atoms with Gasteiger partial charge in [-0.25, -0.2) is 0 Å². The third kappa shape index (κ3) is 32.8. The minimum absolute atomic E-state index is 0.162. The van der Waals surface area contributed by atoms with Crippen molar-refractivity contribution in [2.75, 3.05) is 13.2 Å². The van der Waals surface area contributed by atoms with Crippen molar-refractivity contribution in [1.82, 2.24) is 0 Å². The molecule has 2 atom stereocenters. The summed E-state index contributed by atoms with van der Waals surface area (Å²) >= 11 is 0. The molecule has 0 aliphatic carbocycles. The number of hydrogen-bond donors (Lipinski definition) is 2. The van der Waals surface area contributed by atoms with Gasteiger partial charge in [-0.15, -0.1) is 0 Å². The Labute approximate surface area is 264 Å². The molecule has 250 valence electrons.